The Morgan fingerprint density at radius 2 is 1.23 bits per heavy atom. The number of carbonyl (C=O) groups excluding carboxylic acids is 2. The summed E-state index contributed by atoms with van der Waals surface area (Å²) in [5.41, 5.74) is 5.79. The summed E-state index contributed by atoms with van der Waals surface area (Å²) in [6.45, 7) is 0. The Balaban J connectivity index is 1.87. The van der Waals surface area contributed by atoms with Gasteiger partial charge in [-0.25, -0.2) is 0 Å². The Bertz CT molecular complexity index is 1130. The molecule has 0 amide bonds. The van der Waals surface area contributed by atoms with Crippen LogP contribution in [0.15, 0.2) is 66.7 Å². The van der Waals surface area contributed by atoms with E-state index in [1.54, 1.807) is 25.3 Å². The molecule has 0 bridgehead atoms. The quantitative estimate of drug-likeness (QED) is 0.544. The van der Waals surface area contributed by atoms with Crippen molar-refractivity contribution in [2.24, 2.45) is 0 Å². The van der Waals surface area contributed by atoms with Crippen molar-refractivity contribution in [2.75, 3.05) is 7.11 Å². The van der Waals surface area contributed by atoms with Crippen molar-refractivity contribution in [3.8, 4) is 5.75 Å². The van der Waals surface area contributed by atoms with Gasteiger partial charge < -0.3 is 4.74 Å². The third kappa shape index (κ3) is 1.83. The van der Waals surface area contributed by atoms with Gasteiger partial charge in [-0.1, -0.05) is 54.6 Å². The van der Waals surface area contributed by atoms with Crippen LogP contribution in [0.25, 0.3) is 11.1 Å². The molecular weight excluding hydrogens is 324 g/mol. The minimum atomic E-state index is -0.0356. The van der Waals surface area contributed by atoms with Crippen LogP contribution in [-0.4, -0.2) is 18.7 Å². The zero-order valence-electron chi connectivity index (χ0n) is 14.1. The number of hydrogen-bond donors (Lipinski definition) is 0. The SMILES string of the molecule is COc1ccc(C2=C3c4ccccc4C(=O)c4cccc(c43)C2=O)cc1. The molecule has 0 N–H and O–H groups in total. The van der Waals surface area contributed by atoms with Crippen LogP contribution in [0.3, 0.4) is 0 Å². The molecule has 3 heteroatoms. The average molecular weight is 338 g/mol. The predicted octanol–water partition coefficient (Wildman–Crippen LogP) is 4.40. The number of hydrogen-bond acceptors (Lipinski definition) is 3. The molecule has 0 atom stereocenters. The van der Waals surface area contributed by atoms with Crippen LogP contribution in [0, 0.1) is 0 Å². The monoisotopic (exact) mass is 338 g/mol. The first kappa shape index (κ1) is 14.8. The second-order valence-electron chi connectivity index (χ2n) is 6.41. The molecule has 0 fully saturated rings. The molecular formula is C23H14O3. The first-order valence-corrected chi connectivity index (χ1v) is 8.41. The van der Waals surface area contributed by atoms with Gasteiger partial charge in [0, 0.05) is 33.4 Å². The van der Waals surface area contributed by atoms with Gasteiger partial charge in [0.1, 0.15) is 5.75 Å². The molecule has 0 radical (unpaired) electrons. The summed E-state index contributed by atoms with van der Waals surface area (Å²) in [5, 5.41) is 0. The van der Waals surface area contributed by atoms with E-state index in [1.807, 2.05) is 48.5 Å². The number of rotatable bonds is 2. The van der Waals surface area contributed by atoms with Crippen molar-refractivity contribution >= 4 is 22.7 Å². The van der Waals surface area contributed by atoms with E-state index in [0.717, 1.165) is 28.0 Å². The molecule has 2 aliphatic carbocycles. The molecule has 124 valence electrons. The van der Waals surface area contributed by atoms with Crippen molar-refractivity contribution in [1.82, 2.24) is 0 Å². The maximum atomic E-state index is 13.2. The van der Waals surface area contributed by atoms with Crippen LogP contribution in [0.4, 0.5) is 0 Å². The first-order valence-electron chi connectivity index (χ1n) is 8.41. The van der Waals surface area contributed by atoms with Gasteiger partial charge in [0.25, 0.3) is 0 Å². The van der Waals surface area contributed by atoms with Crippen molar-refractivity contribution in [3.63, 3.8) is 0 Å². The van der Waals surface area contributed by atoms with E-state index in [4.69, 9.17) is 4.74 Å². The molecule has 0 saturated heterocycles. The van der Waals surface area contributed by atoms with Crippen LogP contribution >= 0.6 is 0 Å². The maximum Gasteiger partial charge on any atom is 0.194 e. The molecule has 0 heterocycles. The van der Waals surface area contributed by atoms with E-state index in [2.05, 4.69) is 0 Å². The zero-order chi connectivity index (χ0) is 17.8. The Hall–Kier alpha value is -3.46. The second kappa shape index (κ2) is 5.27. The minimum absolute atomic E-state index is 0.0232. The number of carbonyl (C=O) groups is 2. The predicted molar refractivity (Wildman–Crippen MR) is 99.6 cm³/mol. The van der Waals surface area contributed by atoms with Crippen LogP contribution in [0.5, 0.6) is 5.75 Å². The Kier molecular flexibility index (Phi) is 3.01. The topological polar surface area (TPSA) is 43.4 Å². The van der Waals surface area contributed by atoms with Crippen molar-refractivity contribution in [2.45, 2.75) is 0 Å². The summed E-state index contributed by atoms with van der Waals surface area (Å²) in [7, 11) is 1.61. The van der Waals surface area contributed by atoms with Crippen LogP contribution in [0.2, 0.25) is 0 Å². The third-order valence-corrected chi connectivity index (χ3v) is 5.10. The fourth-order valence-electron chi connectivity index (χ4n) is 3.92. The summed E-state index contributed by atoms with van der Waals surface area (Å²) in [6, 6.07) is 20.4. The lowest BCUT2D eigenvalue weighted by atomic mass is 9.81. The lowest BCUT2D eigenvalue weighted by molar-refractivity contribution is 0.103. The largest absolute Gasteiger partial charge is 0.497 e. The molecule has 3 aromatic rings. The number of Topliss-reactive ketones (excluding diaryl/α,β-unsaturated/α-hetero) is 1. The van der Waals surface area contributed by atoms with Crippen LogP contribution in [-0.2, 0) is 0 Å². The molecule has 3 nitrogen and oxygen atoms in total. The van der Waals surface area contributed by atoms with Gasteiger partial charge in [-0.3, -0.25) is 9.59 Å². The van der Waals surface area contributed by atoms with E-state index in [-0.39, 0.29) is 11.6 Å². The van der Waals surface area contributed by atoms with Crippen LogP contribution in [0.1, 0.15) is 43.0 Å². The molecule has 0 aromatic heterocycles. The Labute approximate surface area is 150 Å². The molecule has 0 aliphatic heterocycles. The molecule has 0 unspecified atom stereocenters. The normalized spacial score (nSPS) is 14.3. The summed E-state index contributed by atoms with van der Waals surface area (Å²) in [6.07, 6.45) is 0. The van der Waals surface area contributed by atoms with Gasteiger partial charge in [-0.2, -0.15) is 0 Å². The summed E-state index contributed by atoms with van der Waals surface area (Å²) >= 11 is 0. The standard InChI is InChI=1S/C23H14O3/c1-26-14-11-9-13(10-12-14)19-21-15-5-2-3-6-16(15)22(24)17-7-4-8-18(20(17)21)23(19)25/h2-12H,1H3. The third-order valence-electron chi connectivity index (χ3n) is 5.10. The van der Waals surface area contributed by atoms with Crippen molar-refractivity contribution in [3.05, 3.63) is 100 Å². The van der Waals surface area contributed by atoms with Crippen molar-refractivity contribution in [1.29, 1.82) is 0 Å². The van der Waals surface area contributed by atoms with E-state index in [9.17, 15) is 9.59 Å². The molecule has 3 aromatic carbocycles. The average Bonchev–Trinajstić information content (AvgIpc) is 3.00. The highest BCUT2D eigenvalue weighted by atomic mass is 16.5. The van der Waals surface area contributed by atoms with Gasteiger partial charge in [-0.15, -0.1) is 0 Å². The summed E-state index contributed by atoms with van der Waals surface area (Å²) in [4.78, 5) is 26.1. The molecule has 2 aliphatic rings. The van der Waals surface area contributed by atoms with Gasteiger partial charge >= 0.3 is 0 Å². The minimum Gasteiger partial charge on any atom is -0.497 e. The lowest BCUT2D eigenvalue weighted by Gasteiger charge is -2.20. The Morgan fingerprint density at radius 3 is 1.92 bits per heavy atom. The summed E-state index contributed by atoms with van der Waals surface area (Å²) in [5.74, 6) is 0.679. The zero-order valence-corrected chi connectivity index (χ0v) is 14.1. The first-order chi connectivity index (χ1) is 12.7. The number of allylic oxidation sites excluding steroid dienone is 1. The summed E-state index contributed by atoms with van der Waals surface area (Å²) < 4.78 is 5.23. The van der Waals surface area contributed by atoms with E-state index in [1.165, 1.54) is 0 Å². The highest BCUT2D eigenvalue weighted by Gasteiger charge is 2.38. The fourth-order valence-corrected chi connectivity index (χ4v) is 3.92. The molecule has 0 saturated carbocycles. The number of fused-ring (bicyclic) bond motifs is 2. The lowest BCUT2D eigenvalue weighted by Crippen LogP contribution is -2.14. The van der Waals surface area contributed by atoms with E-state index < -0.39 is 0 Å². The molecule has 5 rings (SSSR count). The maximum absolute atomic E-state index is 13.2. The molecule has 26 heavy (non-hydrogen) atoms. The van der Waals surface area contributed by atoms with Gasteiger partial charge in [-0.05, 0) is 23.3 Å². The van der Waals surface area contributed by atoms with Gasteiger partial charge in [0.05, 0.1) is 7.11 Å². The number of ketones is 2. The van der Waals surface area contributed by atoms with Crippen LogP contribution < -0.4 is 4.74 Å². The Morgan fingerprint density at radius 1 is 0.615 bits per heavy atom. The highest BCUT2D eigenvalue weighted by Crippen LogP contribution is 2.47. The fraction of sp³-hybridized carbons (Fsp3) is 0.0435. The van der Waals surface area contributed by atoms with E-state index >= 15 is 0 Å². The smallest absolute Gasteiger partial charge is 0.194 e. The molecule has 0 spiro atoms. The highest BCUT2D eigenvalue weighted by molar-refractivity contribution is 6.44. The van der Waals surface area contributed by atoms with Crippen molar-refractivity contribution < 1.29 is 14.3 Å². The number of benzene rings is 3. The van der Waals surface area contributed by atoms with Gasteiger partial charge in [0.15, 0.2) is 11.6 Å². The number of ether oxygens (including phenoxy) is 1. The number of methoxy groups -OCH3 is 1. The second-order valence-corrected chi connectivity index (χ2v) is 6.41. The van der Waals surface area contributed by atoms with Gasteiger partial charge in [0.2, 0.25) is 0 Å². The van der Waals surface area contributed by atoms with E-state index in [0.29, 0.717) is 22.3 Å².